The molecule has 0 aliphatic carbocycles. The molecule has 0 bridgehead atoms. The maximum atomic E-state index is 6.19. The van der Waals surface area contributed by atoms with Gasteiger partial charge in [0.05, 0.1) is 6.61 Å². The smallest absolute Gasteiger partial charge is 0.0616 e. The fourth-order valence-corrected chi connectivity index (χ4v) is 3.06. The maximum absolute atomic E-state index is 6.19. The highest BCUT2D eigenvalue weighted by Crippen LogP contribution is 2.35. The molecule has 0 aromatic heterocycles. The van der Waals surface area contributed by atoms with Crippen LogP contribution in [0.4, 0.5) is 0 Å². The van der Waals surface area contributed by atoms with Crippen LogP contribution in [-0.4, -0.2) is 39.0 Å². The van der Waals surface area contributed by atoms with E-state index in [1.54, 1.807) is 0 Å². The van der Waals surface area contributed by atoms with Crippen LogP contribution in [-0.2, 0) is 14.9 Å². The van der Waals surface area contributed by atoms with Crippen molar-refractivity contribution in [3.05, 3.63) is 34.9 Å². The number of ether oxygens (including phenoxy) is 2. The summed E-state index contributed by atoms with van der Waals surface area (Å²) in [5.74, 6) is 0. The van der Waals surface area contributed by atoms with Crippen molar-refractivity contribution in [3.63, 3.8) is 0 Å². The van der Waals surface area contributed by atoms with E-state index in [0.29, 0.717) is 6.04 Å². The first-order valence-electron chi connectivity index (χ1n) is 7.81. The third kappa shape index (κ3) is 4.68. The van der Waals surface area contributed by atoms with Gasteiger partial charge in [0, 0.05) is 42.8 Å². The van der Waals surface area contributed by atoms with Crippen LogP contribution in [0, 0.1) is 0 Å². The van der Waals surface area contributed by atoms with Gasteiger partial charge in [0.1, 0.15) is 0 Å². The molecule has 1 unspecified atom stereocenters. The lowest BCUT2D eigenvalue weighted by Gasteiger charge is -2.39. The number of halogens is 1. The van der Waals surface area contributed by atoms with Gasteiger partial charge in [-0.25, -0.2) is 0 Å². The summed E-state index contributed by atoms with van der Waals surface area (Å²) in [7, 11) is 0. The zero-order valence-electron chi connectivity index (χ0n) is 13.0. The molecule has 1 aromatic rings. The van der Waals surface area contributed by atoms with E-state index in [-0.39, 0.29) is 5.41 Å². The van der Waals surface area contributed by atoms with Crippen molar-refractivity contribution in [2.24, 2.45) is 0 Å². The summed E-state index contributed by atoms with van der Waals surface area (Å²) in [4.78, 5) is 0. The Labute approximate surface area is 133 Å². The Balaban J connectivity index is 2.06. The molecule has 21 heavy (non-hydrogen) atoms. The van der Waals surface area contributed by atoms with Gasteiger partial charge in [-0.15, -0.1) is 0 Å². The summed E-state index contributed by atoms with van der Waals surface area (Å²) in [6, 6.07) is 8.61. The van der Waals surface area contributed by atoms with E-state index in [0.717, 1.165) is 50.8 Å². The second-order valence-electron chi connectivity index (χ2n) is 5.84. The zero-order valence-corrected chi connectivity index (χ0v) is 13.8. The van der Waals surface area contributed by atoms with E-state index in [4.69, 9.17) is 21.1 Å². The van der Waals surface area contributed by atoms with Crippen molar-refractivity contribution in [1.29, 1.82) is 0 Å². The molecule has 1 heterocycles. The molecule has 0 amide bonds. The van der Waals surface area contributed by atoms with Gasteiger partial charge in [0.2, 0.25) is 0 Å². The molecule has 2 rings (SSSR count). The summed E-state index contributed by atoms with van der Waals surface area (Å²) in [5.41, 5.74) is 1.43. The first-order valence-corrected chi connectivity index (χ1v) is 8.19. The molecule has 1 N–H and O–H groups in total. The lowest BCUT2D eigenvalue weighted by atomic mass is 9.74. The van der Waals surface area contributed by atoms with Crippen LogP contribution in [0.15, 0.2) is 24.3 Å². The predicted octanol–water partition coefficient (Wildman–Crippen LogP) is 3.40. The third-order valence-electron chi connectivity index (χ3n) is 4.25. The van der Waals surface area contributed by atoms with E-state index in [9.17, 15) is 0 Å². The summed E-state index contributed by atoms with van der Waals surface area (Å²) in [6.07, 6.45) is 2.06. The Morgan fingerprint density at radius 3 is 2.81 bits per heavy atom. The molecule has 3 nitrogen and oxygen atoms in total. The van der Waals surface area contributed by atoms with E-state index in [1.165, 1.54) is 5.56 Å². The van der Waals surface area contributed by atoms with Gasteiger partial charge in [-0.05, 0) is 44.4 Å². The molecular formula is C17H26ClNO2. The van der Waals surface area contributed by atoms with Crippen LogP contribution < -0.4 is 5.32 Å². The first-order chi connectivity index (χ1) is 10.2. The fraction of sp³-hybridized carbons (Fsp3) is 0.647. The van der Waals surface area contributed by atoms with Crippen LogP contribution in [0.25, 0.3) is 0 Å². The molecule has 1 fully saturated rings. The minimum Gasteiger partial charge on any atom is -0.381 e. The number of rotatable bonds is 7. The highest BCUT2D eigenvalue weighted by Gasteiger charge is 2.34. The minimum atomic E-state index is 0.115. The lowest BCUT2D eigenvalue weighted by molar-refractivity contribution is 0.0468. The highest BCUT2D eigenvalue weighted by atomic mass is 35.5. The van der Waals surface area contributed by atoms with Crippen LogP contribution in [0.5, 0.6) is 0 Å². The second kappa shape index (κ2) is 8.14. The molecule has 4 heteroatoms. The SMILES string of the molecule is CCOCC(C)NCC1(c2cccc(Cl)c2)CCOCC1. The van der Waals surface area contributed by atoms with Gasteiger partial charge in [0.25, 0.3) is 0 Å². The Bertz CT molecular complexity index is 433. The van der Waals surface area contributed by atoms with Crippen molar-refractivity contribution >= 4 is 11.6 Å². The maximum Gasteiger partial charge on any atom is 0.0616 e. The van der Waals surface area contributed by atoms with Crippen LogP contribution in [0.1, 0.15) is 32.3 Å². The van der Waals surface area contributed by atoms with E-state index >= 15 is 0 Å². The second-order valence-corrected chi connectivity index (χ2v) is 6.28. The normalized spacial score (nSPS) is 19.4. The summed E-state index contributed by atoms with van der Waals surface area (Å²) >= 11 is 6.19. The Morgan fingerprint density at radius 2 is 2.14 bits per heavy atom. The van der Waals surface area contributed by atoms with E-state index in [1.807, 2.05) is 19.1 Å². The number of hydrogen-bond acceptors (Lipinski definition) is 3. The fourth-order valence-electron chi connectivity index (χ4n) is 2.87. The van der Waals surface area contributed by atoms with Crippen molar-refractivity contribution in [1.82, 2.24) is 5.32 Å². The first kappa shape index (κ1) is 16.8. The van der Waals surface area contributed by atoms with Gasteiger partial charge < -0.3 is 14.8 Å². The third-order valence-corrected chi connectivity index (χ3v) is 4.48. The quantitative estimate of drug-likeness (QED) is 0.837. The predicted molar refractivity (Wildman–Crippen MR) is 87.1 cm³/mol. The van der Waals surface area contributed by atoms with Crippen molar-refractivity contribution in [2.45, 2.75) is 38.1 Å². The van der Waals surface area contributed by atoms with Crippen molar-refractivity contribution in [2.75, 3.05) is 33.0 Å². The molecule has 0 radical (unpaired) electrons. The molecule has 1 saturated heterocycles. The average Bonchev–Trinajstić information content (AvgIpc) is 2.52. The van der Waals surface area contributed by atoms with Crippen LogP contribution >= 0.6 is 11.6 Å². The van der Waals surface area contributed by atoms with E-state index in [2.05, 4.69) is 24.4 Å². The summed E-state index contributed by atoms with van der Waals surface area (Å²) in [5, 5.41) is 4.43. The molecule has 1 atom stereocenters. The zero-order chi connectivity index (χ0) is 15.1. The van der Waals surface area contributed by atoms with E-state index < -0.39 is 0 Å². The minimum absolute atomic E-state index is 0.115. The largest absolute Gasteiger partial charge is 0.381 e. The molecule has 1 aliphatic heterocycles. The van der Waals surface area contributed by atoms with Gasteiger partial charge >= 0.3 is 0 Å². The Kier molecular flexibility index (Phi) is 6.49. The highest BCUT2D eigenvalue weighted by molar-refractivity contribution is 6.30. The number of hydrogen-bond donors (Lipinski definition) is 1. The van der Waals surface area contributed by atoms with Crippen LogP contribution in [0.3, 0.4) is 0 Å². The average molecular weight is 312 g/mol. The molecule has 1 aliphatic rings. The summed E-state index contributed by atoms with van der Waals surface area (Å²) < 4.78 is 11.0. The Hall–Kier alpha value is -0.610. The summed E-state index contributed by atoms with van der Waals surface area (Å²) in [6.45, 7) is 8.27. The molecule has 118 valence electrons. The monoisotopic (exact) mass is 311 g/mol. The molecular weight excluding hydrogens is 286 g/mol. The van der Waals surface area contributed by atoms with Crippen molar-refractivity contribution < 1.29 is 9.47 Å². The molecule has 0 saturated carbocycles. The van der Waals surface area contributed by atoms with Gasteiger partial charge in [-0.1, -0.05) is 23.7 Å². The standard InChI is InChI=1S/C17H26ClNO2/c1-3-20-12-14(2)19-13-17(7-9-21-10-8-17)15-5-4-6-16(18)11-15/h4-6,11,14,19H,3,7-10,12-13H2,1-2H3. The van der Waals surface area contributed by atoms with Gasteiger partial charge in [0.15, 0.2) is 0 Å². The van der Waals surface area contributed by atoms with Crippen molar-refractivity contribution in [3.8, 4) is 0 Å². The molecule has 1 aromatic carbocycles. The lowest BCUT2D eigenvalue weighted by Crippen LogP contribution is -2.46. The van der Waals surface area contributed by atoms with Gasteiger partial charge in [-0.2, -0.15) is 0 Å². The number of benzene rings is 1. The van der Waals surface area contributed by atoms with Gasteiger partial charge in [-0.3, -0.25) is 0 Å². The number of nitrogens with one attached hydrogen (secondary N) is 1. The Morgan fingerprint density at radius 1 is 1.38 bits per heavy atom. The topological polar surface area (TPSA) is 30.5 Å². The molecule has 0 spiro atoms. The van der Waals surface area contributed by atoms with Crippen LogP contribution in [0.2, 0.25) is 5.02 Å².